The zero-order valence-electron chi connectivity index (χ0n) is 14.0. The minimum atomic E-state index is 0.330. The van der Waals surface area contributed by atoms with Crippen molar-refractivity contribution in [3.63, 3.8) is 0 Å². The quantitative estimate of drug-likeness (QED) is 0.873. The second kappa shape index (κ2) is 7.38. The molecule has 2 rings (SSSR count). The highest BCUT2D eigenvalue weighted by Gasteiger charge is 2.23. The first-order chi connectivity index (χ1) is 9.99. The molecule has 0 bridgehead atoms. The maximum absolute atomic E-state index is 5.51. The molecule has 1 saturated heterocycles. The molecule has 1 aromatic heterocycles. The van der Waals surface area contributed by atoms with Crippen molar-refractivity contribution in [2.45, 2.75) is 58.8 Å². The monoisotopic (exact) mass is 294 g/mol. The Kier molecular flexibility index (Phi) is 5.79. The van der Waals surface area contributed by atoms with Crippen LogP contribution in [0.25, 0.3) is 0 Å². The molecular formula is C16H30N4O. The van der Waals surface area contributed by atoms with Crippen molar-refractivity contribution in [1.82, 2.24) is 20.0 Å². The summed E-state index contributed by atoms with van der Waals surface area (Å²) >= 11 is 0. The Bertz CT molecular complexity index is 432. The molecule has 21 heavy (non-hydrogen) atoms. The summed E-state index contributed by atoms with van der Waals surface area (Å²) in [5, 5.41) is 8.05. The van der Waals surface area contributed by atoms with Gasteiger partial charge in [0.15, 0.2) is 0 Å². The van der Waals surface area contributed by atoms with Crippen molar-refractivity contribution in [3.8, 4) is 0 Å². The van der Waals surface area contributed by atoms with E-state index >= 15 is 0 Å². The van der Waals surface area contributed by atoms with E-state index in [1.165, 1.54) is 5.56 Å². The second-order valence-electron chi connectivity index (χ2n) is 6.49. The summed E-state index contributed by atoms with van der Waals surface area (Å²) in [6.07, 6.45) is 4.12. The van der Waals surface area contributed by atoms with Crippen LogP contribution in [0.4, 0.5) is 0 Å². The number of aromatic nitrogens is 2. The van der Waals surface area contributed by atoms with Crippen LogP contribution in [-0.4, -0.2) is 53.1 Å². The lowest BCUT2D eigenvalue weighted by atomic mass is 10.1. The van der Waals surface area contributed by atoms with E-state index in [2.05, 4.69) is 56.1 Å². The zero-order chi connectivity index (χ0) is 15.4. The van der Waals surface area contributed by atoms with Gasteiger partial charge in [-0.25, -0.2) is 0 Å². The summed E-state index contributed by atoms with van der Waals surface area (Å²) in [4.78, 5) is 2.53. The van der Waals surface area contributed by atoms with E-state index in [0.717, 1.165) is 26.3 Å². The van der Waals surface area contributed by atoms with E-state index in [9.17, 15) is 0 Å². The normalized spacial score (nSPS) is 23.4. The lowest BCUT2D eigenvalue weighted by Crippen LogP contribution is -2.51. The molecule has 5 nitrogen and oxygen atoms in total. The molecule has 0 spiro atoms. The molecule has 0 aromatic carbocycles. The number of nitrogens with one attached hydrogen (secondary N) is 1. The fourth-order valence-corrected chi connectivity index (χ4v) is 2.84. The van der Waals surface area contributed by atoms with Crippen LogP contribution in [0.5, 0.6) is 0 Å². The molecule has 5 heteroatoms. The van der Waals surface area contributed by atoms with Crippen LogP contribution in [0, 0.1) is 0 Å². The second-order valence-corrected chi connectivity index (χ2v) is 6.49. The van der Waals surface area contributed by atoms with Crippen molar-refractivity contribution < 1.29 is 4.74 Å². The van der Waals surface area contributed by atoms with Gasteiger partial charge in [-0.15, -0.1) is 0 Å². The third-order valence-electron chi connectivity index (χ3n) is 4.36. The number of morpholine rings is 1. The molecule has 2 heterocycles. The smallest absolute Gasteiger partial charge is 0.0619 e. The Hall–Kier alpha value is -0.910. The zero-order valence-corrected chi connectivity index (χ0v) is 14.0. The minimum absolute atomic E-state index is 0.330. The van der Waals surface area contributed by atoms with Crippen molar-refractivity contribution >= 4 is 0 Å². The predicted octanol–water partition coefficient (Wildman–Crippen LogP) is 2.22. The lowest BCUT2D eigenvalue weighted by molar-refractivity contribution is -0.0184. The SMILES string of the molecule is CC(C)n1cc([C@H](C)NC[C@@H](C)N2CCOC[C@@H]2C)cn1. The summed E-state index contributed by atoms with van der Waals surface area (Å²) in [5.41, 5.74) is 1.26. The molecule has 1 fully saturated rings. The molecule has 0 unspecified atom stereocenters. The van der Waals surface area contributed by atoms with Crippen LogP contribution in [0.1, 0.15) is 52.3 Å². The predicted molar refractivity (Wildman–Crippen MR) is 85.5 cm³/mol. The number of hydrogen-bond donors (Lipinski definition) is 1. The highest BCUT2D eigenvalue weighted by Crippen LogP contribution is 2.15. The van der Waals surface area contributed by atoms with E-state index in [1.807, 2.05) is 10.9 Å². The Morgan fingerprint density at radius 1 is 1.38 bits per heavy atom. The fraction of sp³-hybridized carbons (Fsp3) is 0.812. The number of nitrogens with zero attached hydrogens (tertiary/aromatic N) is 3. The van der Waals surface area contributed by atoms with E-state index in [4.69, 9.17) is 4.74 Å². The maximum Gasteiger partial charge on any atom is 0.0619 e. The van der Waals surface area contributed by atoms with Gasteiger partial charge in [-0.05, 0) is 34.6 Å². The summed E-state index contributed by atoms with van der Waals surface area (Å²) in [5.74, 6) is 0. The number of ether oxygens (including phenoxy) is 1. The summed E-state index contributed by atoms with van der Waals surface area (Å²) < 4.78 is 7.52. The van der Waals surface area contributed by atoms with Gasteiger partial charge in [-0.1, -0.05) is 0 Å². The summed E-state index contributed by atoms with van der Waals surface area (Å²) in [6.45, 7) is 14.8. The highest BCUT2D eigenvalue weighted by molar-refractivity contribution is 5.09. The Morgan fingerprint density at radius 3 is 2.76 bits per heavy atom. The van der Waals surface area contributed by atoms with E-state index in [1.54, 1.807) is 0 Å². The van der Waals surface area contributed by atoms with Crippen molar-refractivity contribution in [1.29, 1.82) is 0 Å². The molecule has 1 aromatic rings. The third kappa shape index (κ3) is 4.28. The number of hydrogen-bond acceptors (Lipinski definition) is 4. The molecule has 1 aliphatic heterocycles. The standard InChI is InChI=1S/C16H30N4O/c1-12(2)20-10-16(9-18-20)15(5)17-8-13(3)19-6-7-21-11-14(19)4/h9-10,12-15,17H,6-8,11H2,1-5H3/t13-,14+,15+/m1/s1. The first-order valence-electron chi connectivity index (χ1n) is 8.10. The van der Waals surface area contributed by atoms with Gasteiger partial charge in [-0.2, -0.15) is 5.10 Å². The van der Waals surface area contributed by atoms with E-state index < -0.39 is 0 Å². The summed E-state index contributed by atoms with van der Waals surface area (Å²) in [7, 11) is 0. The Labute approximate surface area is 128 Å². The first-order valence-corrected chi connectivity index (χ1v) is 8.10. The van der Waals surface area contributed by atoms with Crippen molar-refractivity contribution in [3.05, 3.63) is 18.0 Å². The van der Waals surface area contributed by atoms with Gasteiger partial charge in [0.05, 0.1) is 19.4 Å². The molecule has 0 radical (unpaired) electrons. The lowest BCUT2D eigenvalue weighted by Gasteiger charge is -2.38. The van der Waals surface area contributed by atoms with Crippen LogP contribution in [0.2, 0.25) is 0 Å². The van der Waals surface area contributed by atoms with Gasteiger partial charge < -0.3 is 10.1 Å². The minimum Gasteiger partial charge on any atom is -0.379 e. The molecule has 1 aliphatic rings. The van der Waals surface area contributed by atoms with Crippen LogP contribution in [0.3, 0.4) is 0 Å². The topological polar surface area (TPSA) is 42.3 Å². The highest BCUT2D eigenvalue weighted by atomic mass is 16.5. The van der Waals surface area contributed by atoms with Crippen LogP contribution >= 0.6 is 0 Å². The van der Waals surface area contributed by atoms with Crippen LogP contribution < -0.4 is 5.32 Å². The summed E-state index contributed by atoms with van der Waals surface area (Å²) in [6, 6.07) is 1.77. The Morgan fingerprint density at radius 2 is 2.14 bits per heavy atom. The molecular weight excluding hydrogens is 264 g/mol. The average molecular weight is 294 g/mol. The molecule has 3 atom stereocenters. The molecule has 0 aliphatic carbocycles. The van der Waals surface area contributed by atoms with Gasteiger partial charge >= 0.3 is 0 Å². The Balaban J connectivity index is 1.83. The van der Waals surface area contributed by atoms with Crippen LogP contribution in [-0.2, 0) is 4.74 Å². The average Bonchev–Trinajstić information content (AvgIpc) is 2.95. The van der Waals surface area contributed by atoms with Gasteiger partial charge in [0.1, 0.15) is 0 Å². The van der Waals surface area contributed by atoms with Gasteiger partial charge in [-0.3, -0.25) is 9.58 Å². The largest absolute Gasteiger partial charge is 0.379 e. The van der Waals surface area contributed by atoms with E-state index in [-0.39, 0.29) is 0 Å². The van der Waals surface area contributed by atoms with Gasteiger partial charge in [0, 0.05) is 49.0 Å². The van der Waals surface area contributed by atoms with Gasteiger partial charge in [0.2, 0.25) is 0 Å². The first kappa shape index (κ1) is 16.5. The van der Waals surface area contributed by atoms with E-state index in [0.29, 0.717) is 24.2 Å². The molecule has 0 amide bonds. The van der Waals surface area contributed by atoms with Crippen LogP contribution in [0.15, 0.2) is 12.4 Å². The van der Waals surface area contributed by atoms with Crippen molar-refractivity contribution in [2.75, 3.05) is 26.3 Å². The van der Waals surface area contributed by atoms with Gasteiger partial charge in [0.25, 0.3) is 0 Å². The third-order valence-corrected chi connectivity index (χ3v) is 4.36. The maximum atomic E-state index is 5.51. The molecule has 1 N–H and O–H groups in total. The fourth-order valence-electron chi connectivity index (χ4n) is 2.84. The molecule has 120 valence electrons. The van der Waals surface area contributed by atoms with Crippen molar-refractivity contribution in [2.24, 2.45) is 0 Å². The molecule has 0 saturated carbocycles. The number of rotatable bonds is 6.